The van der Waals surface area contributed by atoms with Gasteiger partial charge >= 0.3 is 6.29 Å². The van der Waals surface area contributed by atoms with Gasteiger partial charge in [0, 0.05) is 37.5 Å². The van der Waals surface area contributed by atoms with E-state index in [1.165, 1.54) is 0 Å². The standard InChI is InChI=1S/C30H32F2N4O7/c1-19-5-6-21(34-29(37)23-17-24-25(18-33-23)43-30(31,32)42-24)16-22(19)20-14-26(36-7-10-38-11-8-36)35-27(15-20)39-12-13-41-28-4-2-3-9-40-28/h5-6,14-18,28H,2-4,7-13H2,1H3,(H,34,37). The summed E-state index contributed by atoms with van der Waals surface area (Å²) < 4.78 is 58.6. The Bertz CT molecular complexity index is 1460. The van der Waals surface area contributed by atoms with Crippen LogP contribution in [0.5, 0.6) is 17.4 Å². The molecular weight excluding hydrogens is 566 g/mol. The quantitative estimate of drug-likeness (QED) is 0.345. The maximum absolute atomic E-state index is 13.4. The predicted molar refractivity (Wildman–Crippen MR) is 151 cm³/mol. The van der Waals surface area contributed by atoms with Gasteiger partial charge in [0.2, 0.25) is 5.88 Å². The summed E-state index contributed by atoms with van der Waals surface area (Å²) in [6.45, 7) is 5.95. The van der Waals surface area contributed by atoms with Crippen LogP contribution in [0.4, 0.5) is 20.3 Å². The number of anilines is 2. The second-order valence-electron chi connectivity index (χ2n) is 10.3. The molecule has 2 fully saturated rings. The molecule has 0 saturated carbocycles. The average Bonchev–Trinajstić information content (AvgIpc) is 3.34. The fourth-order valence-corrected chi connectivity index (χ4v) is 5.03. The number of benzene rings is 1. The van der Waals surface area contributed by atoms with Gasteiger partial charge in [0.1, 0.15) is 18.1 Å². The van der Waals surface area contributed by atoms with Gasteiger partial charge in [-0.05, 0) is 61.1 Å². The van der Waals surface area contributed by atoms with Gasteiger partial charge in [0.05, 0.1) is 26.0 Å². The van der Waals surface area contributed by atoms with Crippen LogP contribution in [0.2, 0.25) is 0 Å². The molecule has 1 aromatic carbocycles. The maximum atomic E-state index is 13.4. The monoisotopic (exact) mass is 598 g/mol. The van der Waals surface area contributed by atoms with Crippen LogP contribution in [0.15, 0.2) is 42.6 Å². The van der Waals surface area contributed by atoms with Crippen molar-refractivity contribution in [2.75, 3.05) is 56.3 Å². The number of aromatic nitrogens is 2. The van der Waals surface area contributed by atoms with Crippen molar-refractivity contribution in [1.29, 1.82) is 0 Å². The summed E-state index contributed by atoms with van der Waals surface area (Å²) in [6.07, 6.45) is 0.0537. The molecule has 43 heavy (non-hydrogen) atoms. The first kappa shape index (κ1) is 29.0. The Balaban J connectivity index is 1.20. The first-order valence-electron chi connectivity index (χ1n) is 14.2. The van der Waals surface area contributed by atoms with E-state index in [0.717, 1.165) is 54.0 Å². The van der Waals surface area contributed by atoms with E-state index in [1.54, 1.807) is 6.07 Å². The largest absolute Gasteiger partial charge is 0.586 e. The molecule has 1 atom stereocenters. The molecular formula is C30H32F2N4O7. The van der Waals surface area contributed by atoms with Crippen LogP contribution in [0.1, 0.15) is 35.3 Å². The highest BCUT2D eigenvalue weighted by atomic mass is 19.3. The lowest BCUT2D eigenvalue weighted by Crippen LogP contribution is -2.36. The zero-order valence-electron chi connectivity index (χ0n) is 23.6. The van der Waals surface area contributed by atoms with Crippen molar-refractivity contribution in [3.8, 4) is 28.5 Å². The van der Waals surface area contributed by atoms with Crippen molar-refractivity contribution in [1.82, 2.24) is 9.97 Å². The summed E-state index contributed by atoms with van der Waals surface area (Å²) in [7, 11) is 0. The SMILES string of the molecule is Cc1ccc(NC(=O)c2cc3c(cn2)OC(F)(F)O3)cc1-c1cc(OCCOC2CCCCO2)nc(N2CCOCC2)c1. The van der Waals surface area contributed by atoms with Gasteiger partial charge in [-0.3, -0.25) is 4.79 Å². The Kier molecular flexibility index (Phi) is 8.54. The Labute approximate surface area is 247 Å². The van der Waals surface area contributed by atoms with Crippen LogP contribution >= 0.6 is 0 Å². The van der Waals surface area contributed by atoms with Gasteiger partial charge < -0.3 is 38.6 Å². The number of hydrogen-bond donors (Lipinski definition) is 1. The van der Waals surface area contributed by atoms with E-state index >= 15 is 0 Å². The van der Waals surface area contributed by atoms with Crippen molar-refractivity contribution >= 4 is 17.4 Å². The third-order valence-corrected chi connectivity index (χ3v) is 7.23. The van der Waals surface area contributed by atoms with Gasteiger partial charge in [-0.25, -0.2) is 4.98 Å². The van der Waals surface area contributed by atoms with Crippen molar-refractivity contribution in [2.45, 2.75) is 38.8 Å². The van der Waals surface area contributed by atoms with Crippen LogP contribution < -0.4 is 24.4 Å². The van der Waals surface area contributed by atoms with Crippen LogP contribution in [0.3, 0.4) is 0 Å². The molecule has 2 aromatic heterocycles. The van der Waals surface area contributed by atoms with Gasteiger partial charge in [-0.15, -0.1) is 8.78 Å². The van der Waals surface area contributed by atoms with E-state index in [0.29, 0.717) is 57.7 Å². The van der Waals surface area contributed by atoms with Gasteiger partial charge in [0.15, 0.2) is 17.8 Å². The molecule has 228 valence electrons. The molecule has 5 heterocycles. The molecule has 0 spiro atoms. The molecule has 13 heteroatoms. The van der Waals surface area contributed by atoms with Crippen LogP contribution in [-0.4, -0.2) is 74.6 Å². The van der Waals surface area contributed by atoms with E-state index in [-0.39, 0.29) is 23.5 Å². The number of carbonyl (C=O) groups excluding carboxylic acids is 1. The Morgan fingerprint density at radius 3 is 2.72 bits per heavy atom. The third-order valence-electron chi connectivity index (χ3n) is 7.23. The van der Waals surface area contributed by atoms with Gasteiger partial charge in [-0.1, -0.05) is 6.07 Å². The fourth-order valence-electron chi connectivity index (χ4n) is 5.03. The topological polar surface area (TPSA) is 114 Å². The van der Waals surface area contributed by atoms with Crippen LogP contribution in [0, 0.1) is 6.92 Å². The Morgan fingerprint density at radius 2 is 1.91 bits per heavy atom. The number of nitrogens with zero attached hydrogens (tertiary/aromatic N) is 3. The molecule has 3 aliphatic rings. The van der Waals surface area contributed by atoms with Gasteiger partial charge in [0.25, 0.3) is 5.91 Å². The average molecular weight is 599 g/mol. The van der Waals surface area contributed by atoms with E-state index in [9.17, 15) is 13.6 Å². The van der Waals surface area contributed by atoms with Crippen LogP contribution in [-0.2, 0) is 14.2 Å². The molecule has 0 aliphatic carbocycles. The molecule has 3 aromatic rings. The Morgan fingerprint density at radius 1 is 1.07 bits per heavy atom. The summed E-state index contributed by atoms with van der Waals surface area (Å²) in [5, 5.41) is 2.79. The number of carbonyl (C=O) groups is 1. The molecule has 6 rings (SSSR count). The van der Waals surface area contributed by atoms with Crippen molar-refractivity contribution in [2.24, 2.45) is 0 Å². The second kappa shape index (κ2) is 12.7. The van der Waals surface area contributed by atoms with E-state index in [1.807, 2.05) is 31.2 Å². The highest BCUT2D eigenvalue weighted by molar-refractivity contribution is 6.03. The summed E-state index contributed by atoms with van der Waals surface area (Å²) in [6, 6.07) is 10.4. The molecule has 0 bridgehead atoms. The summed E-state index contributed by atoms with van der Waals surface area (Å²) in [4.78, 5) is 23.8. The summed E-state index contributed by atoms with van der Waals surface area (Å²) in [5.41, 5.74) is 3.05. The number of aryl methyl sites for hydroxylation is 1. The molecule has 2 saturated heterocycles. The summed E-state index contributed by atoms with van der Waals surface area (Å²) >= 11 is 0. The lowest BCUT2D eigenvalue weighted by molar-refractivity contribution is -0.286. The highest BCUT2D eigenvalue weighted by Crippen LogP contribution is 2.40. The fraction of sp³-hybridized carbons (Fsp3) is 0.433. The van der Waals surface area contributed by atoms with Crippen LogP contribution in [0.25, 0.3) is 11.1 Å². The number of amides is 1. The lowest BCUT2D eigenvalue weighted by Gasteiger charge is -2.28. The van der Waals surface area contributed by atoms with Crippen molar-refractivity contribution in [3.63, 3.8) is 0 Å². The normalized spacial score (nSPS) is 19.2. The van der Waals surface area contributed by atoms with Gasteiger partial charge in [-0.2, -0.15) is 4.98 Å². The molecule has 1 unspecified atom stereocenters. The number of pyridine rings is 2. The zero-order valence-corrected chi connectivity index (χ0v) is 23.6. The van der Waals surface area contributed by atoms with Crippen molar-refractivity contribution < 1.29 is 42.0 Å². The Hall–Kier alpha value is -4.07. The first-order chi connectivity index (χ1) is 20.8. The predicted octanol–water partition coefficient (Wildman–Crippen LogP) is 4.78. The maximum Gasteiger partial charge on any atom is 0.586 e. The number of hydrogen-bond acceptors (Lipinski definition) is 10. The molecule has 11 nitrogen and oxygen atoms in total. The van der Waals surface area contributed by atoms with E-state index in [2.05, 4.69) is 24.7 Å². The third kappa shape index (κ3) is 7.12. The zero-order chi connectivity index (χ0) is 29.8. The van der Waals surface area contributed by atoms with E-state index in [4.69, 9.17) is 23.9 Å². The van der Waals surface area contributed by atoms with E-state index < -0.39 is 12.2 Å². The minimum atomic E-state index is -3.80. The number of ether oxygens (including phenoxy) is 6. The summed E-state index contributed by atoms with van der Waals surface area (Å²) in [5.74, 6) is 0.113. The first-order valence-corrected chi connectivity index (χ1v) is 14.2. The smallest absolute Gasteiger partial charge is 0.475 e. The number of rotatable bonds is 9. The molecule has 1 N–H and O–H groups in total. The number of halogens is 2. The lowest BCUT2D eigenvalue weighted by atomic mass is 10.00. The van der Waals surface area contributed by atoms with Crippen molar-refractivity contribution in [3.05, 3.63) is 53.9 Å². The molecule has 3 aliphatic heterocycles. The molecule has 1 amide bonds. The minimum absolute atomic E-state index is 0.0998. The highest BCUT2D eigenvalue weighted by Gasteiger charge is 2.44. The number of nitrogens with one attached hydrogen (secondary N) is 1. The number of morpholine rings is 1. The number of alkyl halides is 2. The minimum Gasteiger partial charge on any atom is -0.475 e. The molecule has 0 radical (unpaired) electrons. The second-order valence-corrected chi connectivity index (χ2v) is 10.3. The number of fused-ring (bicyclic) bond motifs is 1.